The number of ether oxygens (including phenoxy) is 1. The molecule has 2 aromatic heterocycles. The van der Waals surface area contributed by atoms with Gasteiger partial charge in [0.15, 0.2) is 5.65 Å². The van der Waals surface area contributed by atoms with Gasteiger partial charge in [-0.15, -0.1) is 0 Å². The largest absolute Gasteiger partial charge is 0.495 e. The summed E-state index contributed by atoms with van der Waals surface area (Å²) in [5, 5.41) is 9.37. The number of carbonyl (C=O) groups excluding carboxylic acids is 1. The molecule has 152 valence electrons. The van der Waals surface area contributed by atoms with Crippen LogP contribution in [0.25, 0.3) is 16.7 Å². The average molecular weight is 440 g/mol. The minimum atomic E-state index is -0.178. The first-order chi connectivity index (χ1) is 14.6. The zero-order valence-electron chi connectivity index (χ0n) is 16.3. The summed E-state index contributed by atoms with van der Waals surface area (Å²) < 4.78 is 7.06. The van der Waals surface area contributed by atoms with Crippen LogP contribution in [0.1, 0.15) is 5.56 Å². The smallest absolute Gasteiger partial charge is 0.234 e. The molecule has 2 heterocycles. The van der Waals surface area contributed by atoms with Gasteiger partial charge in [-0.25, -0.2) is 14.6 Å². The average Bonchev–Trinajstić information content (AvgIpc) is 3.20. The lowest BCUT2D eigenvalue weighted by Crippen LogP contribution is -2.15. The molecular formula is C21H18ClN5O2S. The second-order valence-corrected chi connectivity index (χ2v) is 7.82. The van der Waals surface area contributed by atoms with E-state index in [-0.39, 0.29) is 11.7 Å². The molecule has 30 heavy (non-hydrogen) atoms. The Morgan fingerprint density at radius 2 is 2.03 bits per heavy atom. The predicted molar refractivity (Wildman–Crippen MR) is 119 cm³/mol. The Bertz CT molecular complexity index is 1210. The molecule has 0 radical (unpaired) electrons. The van der Waals surface area contributed by atoms with Gasteiger partial charge >= 0.3 is 0 Å². The van der Waals surface area contributed by atoms with Crippen molar-refractivity contribution in [2.45, 2.75) is 11.9 Å². The number of fused-ring (bicyclic) bond motifs is 1. The molecule has 4 aromatic rings. The third-order valence-corrected chi connectivity index (χ3v) is 5.84. The number of thioether (sulfide) groups is 1. The molecule has 4 rings (SSSR count). The maximum Gasteiger partial charge on any atom is 0.234 e. The number of hydrogen-bond donors (Lipinski definition) is 1. The van der Waals surface area contributed by atoms with E-state index < -0.39 is 0 Å². The van der Waals surface area contributed by atoms with Crippen molar-refractivity contribution in [2.24, 2.45) is 0 Å². The number of methoxy groups -OCH3 is 1. The number of nitrogens with one attached hydrogen (secondary N) is 1. The van der Waals surface area contributed by atoms with Gasteiger partial charge in [-0.1, -0.05) is 41.6 Å². The quantitative estimate of drug-likeness (QED) is 0.351. The Hall–Kier alpha value is -3.10. The Morgan fingerprint density at radius 1 is 1.23 bits per heavy atom. The first kappa shape index (κ1) is 20.2. The fraction of sp³-hybridized carbons (Fsp3) is 0.143. The minimum Gasteiger partial charge on any atom is -0.495 e. The summed E-state index contributed by atoms with van der Waals surface area (Å²) in [6, 6.07) is 13.2. The Morgan fingerprint density at radius 3 is 2.80 bits per heavy atom. The molecule has 0 saturated heterocycles. The van der Waals surface area contributed by atoms with Crippen LogP contribution in [0, 0.1) is 6.92 Å². The molecular weight excluding hydrogens is 422 g/mol. The van der Waals surface area contributed by atoms with Crippen LogP contribution in [-0.2, 0) is 4.79 Å². The van der Waals surface area contributed by atoms with E-state index in [1.165, 1.54) is 25.2 Å². The summed E-state index contributed by atoms with van der Waals surface area (Å²) >= 11 is 7.45. The lowest BCUT2D eigenvalue weighted by molar-refractivity contribution is -0.113. The van der Waals surface area contributed by atoms with Crippen molar-refractivity contribution >= 4 is 46.0 Å². The minimum absolute atomic E-state index is 0.174. The maximum atomic E-state index is 12.5. The summed E-state index contributed by atoms with van der Waals surface area (Å²) in [5.74, 6) is 0.507. The highest BCUT2D eigenvalue weighted by Crippen LogP contribution is 2.31. The van der Waals surface area contributed by atoms with Crippen molar-refractivity contribution in [1.29, 1.82) is 0 Å². The fourth-order valence-electron chi connectivity index (χ4n) is 2.95. The number of carbonyl (C=O) groups is 1. The van der Waals surface area contributed by atoms with Crippen molar-refractivity contribution < 1.29 is 9.53 Å². The second kappa shape index (κ2) is 8.73. The van der Waals surface area contributed by atoms with Gasteiger partial charge in [0.2, 0.25) is 5.91 Å². The monoisotopic (exact) mass is 439 g/mol. The molecule has 1 N–H and O–H groups in total. The number of para-hydroxylation sites is 1. The number of hydrogen-bond acceptors (Lipinski definition) is 6. The van der Waals surface area contributed by atoms with E-state index in [9.17, 15) is 4.79 Å². The third kappa shape index (κ3) is 4.10. The van der Waals surface area contributed by atoms with Gasteiger partial charge < -0.3 is 10.1 Å². The lowest BCUT2D eigenvalue weighted by atomic mass is 10.2. The van der Waals surface area contributed by atoms with Crippen LogP contribution in [0.5, 0.6) is 5.75 Å². The summed E-state index contributed by atoms with van der Waals surface area (Å²) in [4.78, 5) is 21.2. The van der Waals surface area contributed by atoms with Crippen LogP contribution in [0.2, 0.25) is 5.02 Å². The van der Waals surface area contributed by atoms with E-state index in [1.54, 1.807) is 23.0 Å². The normalized spacial score (nSPS) is 10.9. The van der Waals surface area contributed by atoms with Crippen molar-refractivity contribution in [3.8, 4) is 11.4 Å². The van der Waals surface area contributed by atoms with E-state index in [4.69, 9.17) is 16.3 Å². The van der Waals surface area contributed by atoms with Crippen molar-refractivity contribution in [2.75, 3.05) is 18.2 Å². The van der Waals surface area contributed by atoms with E-state index >= 15 is 0 Å². The Kier molecular flexibility index (Phi) is 5.87. The second-order valence-electron chi connectivity index (χ2n) is 6.45. The molecule has 0 aliphatic heterocycles. The summed E-state index contributed by atoms with van der Waals surface area (Å²) in [6.45, 7) is 1.87. The molecule has 0 atom stereocenters. The number of amides is 1. The Labute approximate surface area is 182 Å². The van der Waals surface area contributed by atoms with Crippen LogP contribution in [0.3, 0.4) is 0 Å². The van der Waals surface area contributed by atoms with Gasteiger partial charge in [0.1, 0.15) is 17.1 Å². The summed E-state index contributed by atoms with van der Waals surface area (Å²) in [6.07, 6.45) is 3.20. The van der Waals surface area contributed by atoms with Gasteiger partial charge in [0.05, 0.1) is 35.8 Å². The Balaban J connectivity index is 1.51. The topological polar surface area (TPSA) is 81.9 Å². The van der Waals surface area contributed by atoms with Gasteiger partial charge in [0, 0.05) is 11.1 Å². The molecule has 0 aliphatic rings. The van der Waals surface area contributed by atoms with E-state index in [2.05, 4.69) is 20.4 Å². The summed E-state index contributed by atoms with van der Waals surface area (Å²) in [7, 11) is 1.54. The van der Waals surface area contributed by atoms with Crippen LogP contribution < -0.4 is 10.1 Å². The van der Waals surface area contributed by atoms with Gasteiger partial charge in [0.25, 0.3) is 0 Å². The molecule has 0 unspecified atom stereocenters. The molecule has 0 spiro atoms. The van der Waals surface area contributed by atoms with E-state index in [0.717, 1.165) is 16.6 Å². The van der Waals surface area contributed by atoms with Crippen LogP contribution in [0.4, 0.5) is 5.69 Å². The number of rotatable bonds is 6. The fourth-order valence-corrected chi connectivity index (χ4v) is 3.86. The predicted octanol–water partition coefficient (Wildman–Crippen LogP) is 4.52. The molecule has 0 fully saturated rings. The molecule has 7 nitrogen and oxygen atoms in total. The molecule has 1 amide bonds. The number of aryl methyl sites for hydroxylation is 1. The van der Waals surface area contributed by atoms with Gasteiger partial charge in [-0.3, -0.25) is 4.79 Å². The van der Waals surface area contributed by atoms with Crippen molar-refractivity contribution in [3.05, 3.63) is 65.6 Å². The number of halogens is 1. The van der Waals surface area contributed by atoms with Crippen molar-refractivity contribution in [3.63, 3.8) is 0 Å². The molecule has 2 aromatic carbocycles. The van der Waals surface area contributed by atoms with Crippen LogP contribution in [-0.4, -0.2) is 38.5 Å². The van der Waals surface area contributed by atoms with E-state index in [0.29, 0.717) is 27.1 Å². The van der Waals surface area contributed by atoms with E-state index in [1.807, 2.05) is 37.3 Å². The van der Waals surface area contributed by atoms with Gasteiger partial charge in [-0.2, -0.15) is 5.10 Å². The number of nitrogens with zero attached hydrogens (tertiary/aromatic N) is 4. The molecule has 9 heteroatoms. The standard InChI is InChI=1S/C21H18ClN5O2S/c1-13-8-17(18(29-2)9-16(13)22)26-19(28)11-30-21-15-10-25-27(20(15)23-12-24-21)14-6-4-3-5-7-14/h3-10,12H,11H2,1-2H3,(H,26,28). The van der Waals surface area contributed by atoms with Gasteiger partial charge in [-0.05, 0) is 30.7 Å². The highest BCUT2D eigenvalue weighted by molar-refractivity contribution is 8.00. The first-order valence-electron chi connectivity index (χ1n) is 9.07. The molecule has 0 saturated carbocycles. The van der Waals surface area contributed by atoms with Crippen LogP contribution in [0.15, 0.2) is 60.0 Å². The number of anilines is 1. The highest BCUT2D eigenvalue weighted by atomic mass is 35.5. The SMILES string of the molecule is COc1cc(Cl)c(C)cc1NC(=O)CSc1ncnc2c1cnn2-c1ccccc1. The van der Waals surface area contributed by atoms with Crippen LogP contribution >= 0.6 is 23.4 Å². The lowest BCUT2D eigenvalue weighted by Gasteiger charge is -2.12. The zero-order valence-corrected chi connectivity index (χ0v) is 17.9. The maximum absolute atomic E-state index is 12.5. The number of aromatic nitrogens is 4. The summed E-state index contributed by atoms with van der Waals surface area (Å²) in [5.41, 5.74) is 3.03. The first-order valence-corrected chi connectivity index (χ1v) is 10.4. The zero-order chi connectivity index (χ0) is 21.1. The molecule has 0 bridgehead atoms. The molecule has 0 aliphatic carbocycles. The highest BCUT2D eigenvalue weighted by Gasteiger charge is 2.14. The third-order valence-electron chi connectivity index (χ3n) is 4.42. The number of benzene rings is 2. The van der Waals surface area contributed by atoms with Crippen molar-refractivity contribution in [1.82, 2.24) is 19.7 Å².